The van der Waals surface area contributed by atoms with E-state index in [1.807, 2.05) is 0 Å². The zero-order valence-corrected chi connectivity index (χ0v) is 10.7. The quantitative estimate of drug-likeness (QED) is 0.773. The first-order valence-corrected chi connectivity index (χ1v) is 6.36. The largest absolute Gasteiger partial charge is 0.508 e. The normalized spacial score (nSPS) is 22.1. The van der Waals surface area contributed by atoms with Crippen LogP contribution in [-0.2, 0) is 0 Å². The van der Waals surface area contributed by atoms with E-state index < -0.39 is 11.8 Å². The molecule has 2 heterocycles. The molecule has 104 valence electrons. The fraction of sp³-hybridized carbons (Fsp3) is 0.0625. The van der Waals surface area contributed by atoms with Crippen molar-refractivity contribution >= 4 is 11.9 Å². The Balaban J connectivity index is 1.93. The van der Waals surface area contributed by atoms with Crippen molar-refractivity contribution in [2.75, 3.05) is 0 Å². The summed E-state index contributed by atoms with van der Waals surface area (Å²) in [5.41, 5.74) is 0.853. The summed E-state index contributed by atoms with van der Waals surface area (Å²) in [6.45, 7) is 0. The van der Waals surface area contributed by atoms with Crippen molar-refractivity contribution in [1.29, 1.82) is 0 Å². The molecule has 5 heteroatoms. The van der Waals surface area contributed by atoms with Gasteiger partial charge in [-0.25, -0.2) is 0 Å². The molecule has 0 unspecified atom stereocenters. The number of aliphatic hydroxyl groups is 1. The standard InChI is InChI=1S/C16H10O5/c17-10-5-6-14-11(8-10)15(18)12-7-9-3-1-2-4-13(9)20-16(12,19)21-14/h1-8,17,19H/t16-/m1/s1. The topological polar surface area (TPSA) is 76.0 Å². The van der Waals surface area contributed by atoms with Gasteiger partial charge in [0.25, 0.3) is 0 Å². The van der Waals surface area contributed by atoms with Gasteiger partial charge in [0, 0.05) is 5.56 Å². The Morgan fingerprint density at radius 1 is 1.00 bits per heavy atom. The van der Waals surface area contributed by atoms with Crippen molar-refractivity contribution in [3.05, 3.63) is 59.2 Å². The number of hydrogen-bond acceptors (Lipinski definition) is 5. The summed E-state index contributed by atoms with van der Waals surface area (Å²) in [6, 6.07) is 11.1. The lowest BCUT2D eigenvalue weighted by Crippen LogP contribution is -2.50. The summed E-state index contributed by atoms with van der Waals surface area (Å²) in [6.07, 6.45) is 1.54. The number of Topliss-reactive ketones (excluding diaryl/α,β-unsaturated/α-hetero) is 1. The number of carbonyl (C=O) groups is 1. The van der Waals surface area contributed by atoms with Crippen molar-refractivity contribution in [1.82, 2.24) is 0 Å². The third-order valence-electron chi connectivity index (χ3n) is 3.51. The van der Waals surface area contributed by atoms with Crippen LogP contribution in [0.15, 0.2) is 48.0 Å². The van der Waals surface area contributed by atoms with Gasteiger partial charge in [0.2, 0.25) is 5.78 Å². The molecule has 2 aliphatic rings. The molecule has 0 bridgehead atoms. The average molecular weight is 282 g/mol. The van der Waals surface area contributed by atoms with E-state index in [2.05, 4.69) is 0 Å². The Kier molecular flexibility index (Phi) is 2.21. The molecule has 2 aliphatic heterocycles. The number of hydrogen-bond donors (Lipinski definition) is 2. The first-order valence-electron chi connectivity index (χ1n) is 6.36. The van der Waals surface area contributed by atoms with Gasteiger partial charge in [-0.2, -0.15) is 0 Å². The van der Waals surface area contributed by atoms with E-state index >= 15 is 0 Å². The molecule has 0 spiro atoms. The molecule has 5 nitrogen and oxygen atoms in total. The number of fused-ring (bicyclic) bond motifs is 3. The molecule has 0 saturated carbocycles. The Labute approximate surface area is 119 Å². The van der Waals surface area contributed by atoms with Crippen molar-refractivity contribution < 1.29 is 24.5 Å². The highest BCUT2D eigenvalue weighted by atomic mass is 16.8. The second-order valence-corrected chi connectivity index (χ2v) is 4.89. The molecule has 0 aliphatic carbocycles. The molecule has 2 aromatic carbocycles. The van der Waals surface area contributed by atoms with E-state index in [0.29, 0.717) is 11.3 Å². The Morgan fingerprint density at radius 3 is 2.62 bits per heavy atom. The molecule has 0 amide bonds. The van der Waals surface area contributed by atoms with Crippen LogP contribution < -0.4 is 9.47 Å². The molecule has 4 rings (SSSR count). The van der Waals surface area contributed by atoms with Crippen molar-refractivity contribution in [3.63, 3.8) is 0 Å². The van der Waals surface area contributed by atoms with E-state index in [-0.39, 0.29) is 22.6 Å². The van der Waals surface area contributed by atoms with Crippen LogP contribution in [-0.4, -0.2) is 22.0 Å². The van der Waals surface area contributed by atoms with Gasteiger partial charge < -0.3 is 19.7 Å². The summed E-state index contributed by atoms with van der Waals surface area (Å²) in [5, 5.41) is 20.0. The molecular weight excluding hydrogens is 272 g/mol. The maximum Gasteiger partial charge on any atom is 0.403 e. The van der Waals surface area contributed by atoms with Crippen LogP contribution >= 0.6 is 0 Å². The fourth-order valence-electron chi connectivity index (χ4n) is 2.51. The molecule has 0 saturated heterocycles. The number of para-hydroxylation sites is 1. The van der Waals surface area contributed by atoms with Gasteiger partial charge in [-0.15, -0.1) is 0 Å². The summed E-state index contributed by atoms with van der Waals surface area (Å²) in [7, 11) is 0. The summed E-state index contributed by atoms with van der Waals surface area (Å²) in [4.78, 5) is 12.5. The molecule has 21 heavy (non-hydrogen) atoms. The second-order valence-electron chi connectivity index (χ2n) is 4.89. The highest BCUT2D eigenvalue weighted by Crippen LogP contribution is 2.42. The van der Waals surface area contributed by atoms with Crippen LogP contribution in [0.5, 0.6) is 17.2 Å². The third-order valence-corrected chi connectivity index (χ3v) is 3.51. The minimum absolute atomic E-state index is 0.0145. The van der Waals surface area contributed by atoms with E-state index in [1.54, 1.807) is 24.3 Å². The average Bonchev–Trinajstić information content (AvgIpc) is 2.46. The maximum absolute atomic E-state index is 12.5. The number of aromatic hydroxyl groups is 1. The number of benzene rings is 2. The minimum atomic E-state index is -2.14. The first-order chi connectivity index (χ1) is 10.1. The minimum Gasteiger partial charge on any atom is -0.508 e. The zero-order valence-electron chi connectivity index (χ0n) is 10.7. The van der Waals surface area contributed by atoms with Crippen LogP contribution in [0.3, 0.4) is 0 Å². The molecular formula is C16H10O5. The highest BCUT2D eigenvalue weighted by Gasteiger charge is 2.49. The number of ketones is 1. The van der Waals surface area contributed by atoms with Gasteiger partial charge in [0.05, 0.1) is 5.56 Å². The lowest BCUT2D eigenvalue weighted by Gasteiger charge is -2.37. The summed E-state index contributed by atoms with van der Waals surface area (Å²) >= 11 is 0. The third kappa shape index (κ3) is 1.64. The summed E-state index contributed by atoms with van der Waals surface area (Å²) < 4.78 is 10.9. The predicted molar refractivity (Wildman–Crippen MR) is 73.1 cm³/mol. The van der Waals surface area contributed by atoms with Gasteiger partial charge in [0.15, 0.2) is 0 Å². The van der Waals surface area contributed by atoms with Gasteiger partial charge in [-0.1, -0.05) is 18.2 Å². The second kappa shape index (κ2) is 3.86. The lowest BCUT2D eigenvalue weighted by molar-refractivity contribution is -0.243. The van der Waals surface area contributed by atoms with Crippen molar-refractivity contribution in [2.24, 2.45) is 0 Å². The monoisotopic (exact) mass is 282 g/mol. The smallest absolute Gasteiger partial charge is 0.403 e. The number of rotatable bonds is 0. The van der Waals surface area contributed by atoms with Crippen LogP contribution in [0, 0.1) is 0 Å². The summed E-state index contributed by atoms with van der Waals surface area (Å²) in [5.74, 6) is -2.04. The number of phenolic OH excluding ortho intramolecular Hbond substituents is 1. The van der Waals surface area contributed by atoms with Crippen molar-refractivity contribution in [3.8, 4) is 17.2 Å². The highest BCUT2D eigenvalue weighted by molar-refractivity contribution is 6.15. The number of carbonyl (C=O) groups excluding carboxylic acids is 1. The predicted octanol–water partition coefficient (Wildman–Crippen LogP) is 2.09. The molecule has 0 radical (unpaired) electrons. The van der Waals surface area contributed by atoms with Crippen molar-refractivity contribution in [2.45, 2.75) is 5.97 Å². The SMILES string of the molecule is O=C1C2=Cc3ccccc3O[C@@]2(O)Oc2ccc(O)cc21. The molecule has 0 fully saturated rings. The van der Waals surface area contributed by atoms with E-state index in [0.717, 1.165) is 0 Å². The zero-order chi connectivity index (χ0) is 14.6. The maximum atomic E-state index is 12.5. The lowest BCUT2D eigenvalue weighted by atomic mass is 9.93. The van der Waals surface area contributed by atoms with E-state index in [1.165, 1.54) is 24.3 Å². The van der Waals surface area contributed by atoms with E-state index in [4.69, 9.17) is 9.47 Å². The Hall–Kier alpha value is -2.79. The number of ether oxygens (including phenoxy) is 2. The van der Waals surface area contributed by atoms with E-state index in [9.17, 15) is 15.0 Å². The van der Waals surface area contributed by atoms with Gasteiger partial charge in [0.1, 0.15) is 22.8 Å². The van der Waals surface area contributed by atoms with Gasteiger partial charge >= 0.3 is 5.97 Å². The van der Waals surface area contributed by atoms with Gasteiger partial charge in [-0.05, 0) is 30.3 Å². The first kappa shape index (κ1) is 12.0. The Morgan fingerprint density at radius 2 is 1.76 bits per heavy atom. The van der Waals surface area contributed by atoms with Gasteiger partial charge in [-0.3, -0.25) is 4.79 Å². The van der Waals surface area contributed by atoms with Crippen LogP contribution in [0.2, 0.25) is 0 Å². The van der Waals surface area contributed by atoms with Crippen LogP contribution in [0.4, 0.5) is 0 Å². The fourth-order valence-corrected chi connectivity index (χ4v) is 2.51. The Bertz CT molecular complexity index is 808. The molecule has 2 aromatic rings. The van der Waals surface area contributed by atoms with Crippen LogP contribution in [0.1, 0.15) is 15.9 Å². The van der Waals surface area contributed by atoms with Crippen LogP contribution in [0.25, 0.3) is 6.08 Å². The number of phenols is 1. The molecule has 1 atom stereocenters. The molecule has 0 aromatic heterocycles. The molecule has 2 N–H and O–H groups in total.